The Balaban J connectivity index is 2.11. The zero-order valence-electron chi connectivity index (χ0n) is 8.63. The molecule has 0 spiro atoms. The van der Waals surface area contributed by atoms with Crippen molar-refractivity contribution in [2.24, 2.45) is 5.73 Å². The molecular formula is C10H16N4O. The molecule has 1 unspecified atom stereocenters. The third kappa shape index (κ3) is 2.24. The average Bonchev–Trinajstić information content (AvgIpc) is 2.30. The first-order valence-corrected chi connectivity index (χ1v) is 5.17. The van der Waals surface area contributed by atoms with E-state index in [2.05, 4.69) is 9.97 Å². The Morgan fingerprint density at radius 3 is 3.07 bits per heavy atom. The van der Waals surface area contributed by atoms with Crippen molar-refractivity contribution < 1.29 is 5.11 Å². The number of anilines is 1. The lowest BCUT2D eigenvalue weighted by atomic mass is 9.93. The van der Waals surface area contributed by atoms with Crippen LogP contribution in [0.5, 0.6) is 0 Å². The quantitative estimate of drug-likeness (QED) is 0.702. The van der Waals surface area contributed by atoms with E-state index in [1.807, 2.05) is 4.90 Å². The number of rotatable bonds is 2. The average molecular weight is 208 g/mol. The minimum Gasteiger partial charge on any atom is -0.387 e. The first-order chi connectivity index (χ1) is 7.23. The van der Waals surface area contributed by atoms with Gasteiger partial charge >= 0.3 is 0 Å². The van der Waals surface area contributed by atoms with Gasteiger partial charge in [-0.3, -0.25) is 4.98 Å². The molecule has 0 bridgehead atoms. The summed E-state index contributed by atoms with van der Waals surface area (Å²) in [6.45, 7) is 1.74. The van der Waals surface area contributed by atoms with Gasteiger partial charge in [0.05, 0.1) is 11.8 Å². The van der Waals surface area contributed by atoms with Crippen LogP contribution in [-0.2, 0) is 0 Å². The number of nitrogens with zero attached hydrogens (tertiary/aromatic N) is 3. The van der Waals surface area contributed by atoms with Crippen LogP contribution in [0.3, 0.4) is 0 Å². The summed E-state index contributed by atoms with van der Waals surface area (Å²) in [7, 11) is 0. The van der Waals surface area contributed by atoms with Crippen molar-refractivity contribution in [2.45, 2.75) is 18.4 Å². The van der Waals surface area contributed by atoms with Gasteiger partial charge in [-0.15, -0.1) is 0 Å². The minimum absolute atomic E-state index is 0.295. The number of aliphatic hydroxyl groups is 1. The van der Waals surface area contributed by atoms with Crippen LogP contribution in [0.25, 0.3) is 0 Å². The van der Waals surface area contributed by atoms with E-state index in [0.29, 0.717) is 13.1 Å². The summed E-state index contributed by atoms with van der Waals surface area (Å²) in [5, 5.41) is 10.1. The minimum atomic E-state index is -0.768. The maximum absolute atomic E-state index is 10.1. The highest BCUT2D eigenvalue weighted by Gasteiger charge is 2.32. The molecule has 1 aliphatic rings. The predicted molar refractivity (Wildman–Crippen MR) is 57.5 cm³/mol. The topological polar surface area (TPSA) is 75.3 Å². The second kappa shape index (κ2) is 4.12. The largest absolute Gasteiger partial charge is 0.387 e. The second-order valence-corrected chi connectivity index (χ2v) is 4.02. The number of aromatic nitrogens is 2. The zero-order chi connectivity index (χ0) is 10.7. The first-order valence-electron chi connectivity index (χ1n) is 5.17. The van der Waals surface area contributed by atoms with Crippen molar-refractivity contribution in [1.82, 2.24) is 9.97 Å². The van der Waals surface area contributed by atoms with Crippen LogP contribution in [0.15, 0.2) is 18.6 Å². The van der Waals surface area contributed by atoms with Crippen molar-refractivity contribution in [3.63, 3.8) is 0 Å². The molecule has 1 aromatic heterocycles. The van der Waals surface area contributed by atoms with E-state index in [1.165, 1.54) is 0 Å². The normalized spacial score (nSPS) is 26.7. The van der Waals surface area contributed by atoms with Crippen LogP contribution in [0.4, 0.5) is 5.82 Å². The molecule has 15 heavy (non-hydrogen) atoms. The molecule has 0 aromatic carbocycles. The molecule has 2 heterocycles. The van der Waals surface area contributed by atoms with Gasteiger partial charge in [0.15, 0.2) is 0 Å². The highest BCUT2D eigenvalue weighted by molar-refractivity contribution is 5.36. The van der Waals surface area contributed by atoms with Gasteiger partial charge in [0.25, 0.3) is 0 Å². The highest BCUT2D eigenvalue weighted by Crippen LogP contribution is 2.23. The van der Waals surface area contributed by atoms with Crippen molar-refractivity contribution in [3.8, 4) is 0 Å². The number of β-amino-alcohol motifs (C(OH)–C–C–N with tert-alkyl or cyclic N) is 1. The molecule has 0 aliphatic carbocycles. The van der Waals surface area contributed by atoms with E-state index < -0.39 is 5.60 Å². The zero-order valence-corrected chi connectivity index (χ0v) is 8.63. The lowest BCUT2D eigenvalue weighted by Gasteiger charge is -2.38. The smallest absolute Gasteiger partial charge is 0.147 e. The molecule has 3 N–H and O–H groups in total. The molecule has 1 fully saturated rings. The number of hydrogen-bond acceptors (Lipinski definition) is 5. The van der Waals surface area contributed by atoms with E-state index in [-0.39, 0.29) is 0 Å². The Hall–Kier alpha value is -1.20. The van der Waals surface area contributed by atoms with Gasteiger partial charge in [-0.25, -0.2) is 4.98 Å². The summed E-state index contributed by atoms with van der Waals surface area (Å²) >= 11 is 0. The molecule has 0 amide bonds. The molecule has 1 atom stereocenters. The lowest BCUT2D eigenvalue weighted by molar-refractivity contribution is 0.0345. The number of hydrogen-bond donors (Lipinski definition) is 2. The van der Waals surface area contributed by atoms with Crippen molar-refractivity contribution in [1.29, 1.82) is 0 Å². The molecule has 0 radical (unpaired) electrons. The molecule has 1 aliphatic heterocycles. The van der Waals surface area contributed by atoms with Gasteiger partial charge in [-0.1, -0.05) is 0 Å². The third-order valence-corrected chi connectivity index (χ3v) is 2.81. The van der Waals surface area contributed by atoms with Crippen LogP contribution >= 0.6 is 0 Å². The van der Waals surface area contributed by atoms with Crippen molar-refractivity contribution in [3.05, 3.63) is 18.6 Å². The van der Waals surface area contributed by atoms with E-state index >= 15 is 0 Å². The van der Waals surface area contributed by atoms with E-state index in [4.69, 9.17) is 5.73 Å². The number of piperidine rings is 1. The summed E-state index contributed by atoms with van der Waals surface area (Å²) in [6.07, 6.45) is 6.71. The predicted octanol–water partition coefficient (Wildman–Crippen LogP) is -0.233. The second-order valence-electron chi connectivity index (χ2n) is 4.02. The van der Waals surface area contributed by atoms with Gasteiger partial charge in [0.1, 0.15) is 5.82 Å². The molecule has 5 heteroatoms. The fourth-order valence-corrected chi connectivity index (χ4v) is 1.93. The van der Waals surface area contributed by atoms with E-state index in [1.54, 1.807) is 18.6 Å². The summed E-state index contributed by atoms with van der Waals surface area (Å²) in [6, 6.07) is 0. The summed E-state index contributed by atoms with van der Waals surface area (Å²) in [5.74, 6) is 0.809. The van der Waals surface area contributed by atoms with Crippen molar-refractivity contribution in [2.75, 3.05) is 24.5 Å². The molecule has 0 saturated carbocycles. The van der Waals surface area contributed by atoms with Gasteiger partial charge < -0.3 is 15.7 Å². The highest BCUT2D eigenvalue weighted by atomic mass is 16.3. The Morgan fingerprint density at radius 1 is 1.53 bits per heavy atom. The lowest BCUT2D eigenvalue weighted by Crippen LogP contribution is -2.52. The van der Waals surface area contributed by atoms with Gasteiger partial charge in [0, 0.05) is 32.0 Å². The molecule has 1 aromatic rings. The Labute approximate surface area is 88.9 Å². The van der Waals surface area contributed by atoms with Gasteiger partial charge in [-0.05, 0) is 12.8 Å². The fourth-order valence-electron chi connectivity index (χ4n) is 1.93. The molecular weight excluding hydrogens is 192 g/mol. The standard InChI is InChI=1S/C10H16N4O/c11-7-10(15)2-1-5-14(8-10)9-6-12-3-4-13-9/h3-4,6,15H,1-2,5,7-8,11H2. The summed E-state index contributed by atoms with van der Waals surface area (Å²) in [5.41, 5.74) is 4.80. The van der Waals surface area contributed by atoms with E-state index in [9.17, 15) is 5.11 Å². The Morgan fingerprint density at radius 2 is 2.40 bits per heavy atom. The van der Waals surface area contributed by atoms with Crippen molar-refractivity contribution >= 4 is 5.82 Å². The van der Waals surface area contributed by atoms with Crippen LogP contribution in [0.2, 0.25) is 0 Å². The maximum Gasteiger partial charge on any atom is 0.147 e. The Kier molecular flexibility index (Phi) is 2.83. The molecule has 82 valence electrons. The van der Waals surface area contributed by atoms with Crippen LogP contribution in [0, 0.1) is 0 Å². The summed E-state index contributed by atoms with van der Waals surface area (Å²) < 4.78 is 0. The van der Waals surface area contributed by atoms with Gasteiger partial charge in [-0.2, -0.15) is 0 Å². The monoisotopic (exact) mass is 208 g/mol. The van der Waals surface area contributed by atoms with Gasteiger partial charge in [0.2, 0.25) is 0 Å². The number of nitrogens with two attached hydrogens (primary N) is 1. The SMILES string of the molecule is NCC1(O)CCCN(c2cnccn2)C1. The summed E-state index contributed by atoms with van der Waals surface area (Å²) in [4.78, 5) is 10.3. The molecule has 2 rings (SSSR count). The fraction of sp³-hybridized carbons (Fsp3) is 0.600. The van der Waals surface area contributed by atoms with E-state index in [0.717, 1.165) is 25.2 Å². The van der Waals surface area contributed by atoms with Crippen LogP contribution in [0.1, 0.15) is 12.8 Å². The first kappa shape index (κ1) is 10.3. The maximum atomic E-state index is 10.1. The third-order valence-electron chi connectivity index (χ3n) is 2.81. The van der Waals surface area contributed by atoms with Crippen LogP contribution < -0.4 is 10.6 Å². The molecule has 1 saturated heterocycles. The molecule has 5 nitrogen and oxygen atoms in total. The Bertz CT molecular complexity index is 318. The van der Waals surface area contributed by atoms with Crippen LogP contribution in [-0.4, -0.2) is 40.3 Å².